The molecule has 2 N–H and O–H groups in total. The van der Waals surface area contributed by atoms with Crippen LogP contribution in [0.3, 0.4) is 0 Å². The molecule has 0 aromatic rings. The van der Waals surface area contributed by atoms with E-state index in [0.717, 1.165) is 38.8 Å². The predicted molar refractivity (Wildman–Crippen MR) is 66.9 cm³/mol. The number of amides is 2. The SMILES string of the molecule is O=C(CCNC(=O)C1(O)CCCC1)N1CCCC1. The summed E-state index contributed by atoms with van der Waals surface area (Å²) in [4.78, 5) is 25.4. The molecule has 2 amide bonds. The smallest absolute Gasteiger partial charge is 0.251 e. The fourth-order valence-corrected chi connectivity index (χ4v) is 2.76. The van der Waals surface area contributed by atoms with Crippen molar-refractivity contribution in [2.75, 3.05) is 19.6 Å². The van der Waals surface area contributed by atoms with Gasteiger partial charge in [-0.25, -0.2) is 0 Å². The molecule has 1 saturated heterocycles. The molecule has 0 unspecified atom stereocenters. The van der Waals surface area contributed by atoms with E-state index < -0.39 is 5.60 Å². The van der Waals surface area contributed by atoms with E-state index in [0.29, 0.717) is 25.8 Å². The first kappa shape index (κ1) is 13.3. The van der Waals surface area contributed by atoms with Crippen LogP contribution in [0.25, 0.3) is 0 Å². The van der Waals surface area contributed by atoms with Crippen molar-refractivity contribution in [2.45, 2.75) is 50.5 Å². The largest absolute Gasteiger partial charge is 0.380 e. The lowest BCUT2D eigenvalue weighted by molar-refractivity contribution is -0.139. The van der Waals surface area contributed by atoms with E-state index in [1.54, 1.807) is 0 Å². The summed E-state index contributed by atoms with van der Waals surface area (Å²) in [5.74, 6) is -0.208. The molecule has 5 nitrogen and oxygen atoms in total. The summed E-state index contributed by atoms with van der Waals surface area (Å²) in [6, 6.07) is 0. The quantitative estimate of drug-likeness (QED) is 0.764. The number of likely N-dealkylation sites (tertiary alicyclic amines) is 1. The number of carbonyl (C=O) groups is 2. The van der Waals surface area contributed by atoms with Gasteiger partial charge in [0.15, 0.2) is 0 Å². The molecular formula is C13H22N2O3. The summed E-state index contributed by atoms with van der Waals surface area (Å²) in [6.45, 7) is 2.02. The third-order valence-electron chi connectivity index (χ3n) is 3.94. The predicted octanol–water partition coefficient (Wildman–Crippen LogP) is 0.420. The zero-order chi connectivity index (χ0) is 13.0. The van der Waals surface area contributed by atoms with Crippen LogP contribution in [-0.4, -0.2) is 47.1 Å². The van der Waals surface area contributed by atoms with Crippen LogP contribution in [0, 0.1) is 0 Å². The monoisotopic (exact) mass is 254 g/mol. The van der Waals surface area contributed by atoms with Crippen molar-refractivity contribution in [1.82, 2.24) is 10.2 Å². The Labute approximate surface area is 108 Å². The Morgan fingerprint density at radius 3 is 2.33 bits per heavy atom. The van der Waals surface area contributed by atoms with Gasteiger partial charge in [-0.3, -0.25) is 9.59 Å². The first-order chi connectivity index (χ1) is 8.62. The lowest BCUT2D eigenvalue weighted by atomic mass is 10.0. The molecule has 0 spiro atoms. The molecule has 1 heterocycles. The van der Waals surface area contributed by atoms with Gasteiger partial charge in [0.1, 0.15) is 5.60 Å². The second kappa shape index (κ2) is 5.69. The van der Waals surface area contributed by atoms with Crippen molar-refractivity contribution in [1.29, 1.82) is 0 Å². The molecule has 18 heavy (non-hydrogen) atoms. The fraction of sp³-hybridized carbons (Fsp3) is 0.846. The number of carbonyl (C=O) groups excluding carboxylic acids is 2. The summed E-state index contributed by atoms with van der Waals surface area (Å²) in [6.07, 6.45) is 5.38. The van der Waals surface area contributed by atoms with E-state index in [1.165, 1.54) is 0 Å². The number of nitrogens with zero attached hydrogens (tertiary/aromatic N) is 1. The Balaban J connectivity index is 1.68. The van der Waals surface area contributed by atoms with E-state index in [1.807, 2.05) is 4.90 Å². The van der Waals surface area contributed by atoms with E-state index in [9.17, 15) is 14.7 Å². The second-order valence-electron chi connectivity index (χ2n) is 5.33. The zero-order valence-electron chi connectivity index (χ0n) is 10.8. The summed E-state index contributed by atoms with van der Waals surface area (Å²) >= 11 is 0. The Morgan fingerprint density at radius 2 is 1.72 bits per heavy atom. The Kier molecular flexibility index (Phi) is 4.22. The molecular weight excluding hydrogens is 232 g/mol. The summed E-state index contributed by atoms with van der Waals surface area (Å²) < 4.78 is 0. The van der Waals surface area contributed by atoms with Crippen LogP contribution < -0.4 is 5.32 Å². The van der Waals surface area contributed by atoms with Crippen LogP contribution in [0.15, 0.2) is 0 Å². The molecule has 0 atom stereocenters. The van der Waals surface area contributed by atoms with Crippen molar-refractivity contribution >= 4 is 11.8 Å². The first-order valence-electron chi connectivity index (χ1n) is 6.90. The van der Waals surface area contributed by atoms with Gasteiger partial charge in [-0.2, -0.15) is 0 Å². The summed E-state index contributed by atoms with van der Waals surface area (Å²) in [5.41, 5.74) is -1.18. The average Bonchev–Trinajstić information content (AvgIpc) is 3.00. The molecule has 0 bridgehead atoms. The van der Waals surface area contributed by atoms with Gasteiger partial charge in [0.25, 0.3) is 5.91 Å². The highest BCUT2D eigenvalue weighted by atomic mass is 16.3. The summed E-state index contributed by atoms with van der Waals surface area (Å²) in [7, 11) is 0. The highest BCUT2D eigenvalue weighted by Crippen LogP contribution is 2.29. The van der Waals surface area contributed by atoms with Gasteiger partial charge in [-0.15, -0.1) is 0 Å². The van der Waals surface area contributed by atoms with Gasteiger partial charge >= 0.3 is 0 Å². The minimum absolute atomic E-state index is 0.103. The Morgan fingerprint density at radius 1 is 1.11 bits per heavy atom. The van der Waals surface area contributed by atoms with E-state index >= 15 is 0 Å². The molecule has 2 fully saturated rings. The zero-order valence-corrected chi connectivity index (χ0v) is 10.8. The van der Waals surface area contributed by atoms with Crippen LogP contribution >= 0.6 is 0 Å². The molecule has 5 heteroatoms. The standard InChI is InChI=1S/C13H22N2O3/c16-11(15-9-3-4-10-15)5-8-14-12(17)13(18)6-1-2-7-13/h18H,1-10H2,(H,14,17). The van der Waals surface area contributed by atoms with Crippen LogP contribution in [0.2, 0.25) is 0 Å². The number of hydrogen-bond acceptors (Lipinski definition) is 3. The van der Waals surface area contributed by atoms with Crippen molar-refractivity contribution < 1.29 is 14.7 Å². The molecule has 0 aromatic carbocycles. The average molecular weight is 254 g/mol. The molecule has 102 valence electrons. The van der Waals surface area contributed by atoms with E-state index in [4.69, 9.17) is 0 Å². The Bertz CT molecular complexity index is 318. The molecule has 1 aliphatic carbocycles. The summed E-state index contributed by atoms with van der Waals surface area (Å²) in [5, 5.41) is 12.7. The van der Waals surface area contributed by atoms with Crippen LogP contribution in [-0.2, 0) is 9.59 Å². The maximum atomic E-state index is 11.8. The van der Waals surface area contributed by atoms with Gasteiger partial charge in [0.05, 0.1) is 0 Å². The molecule has 2 rings (SSSR count). The van der Waals surface area contributed by atoms with Crippen LogP contribution in [0.1, 0.15) is 44.9 Å². The molecule has 2 aliphatic rings. The molecule has 0 aromatic heterocycles. The molecule has 0 radical (unpaired) electrons. The topological polar surface area (TPSA) is 69.6 Å². The fourth-order valence-electron chi connectivity index (χ4n) is 2.76. The third-order valence-corrected chi connectivity index (χ3v) is 3.94. The number of rotatable bonds is 4. The van der Waals surface area contributed by atoms with Gasteiger partial charge in [-0.1, -0.05) is 0 Å². The van der Waals surface area contributed by atoms with E-state index in [-0.39, 0.29) is 11.8 Å². The number of nitrogens with one attached hydrogen (secondary N) is 1. The highest BCUT2D eigenvalue weighted by Gasteiger charge is 2.38. The van der Waals surface area contributed by atoms with Gasteiger partial charge in [-0.05, 0) is 38.5 Å². The maximum Gasteiger partial charge on any atom is 0.251 e. The second-order valence-corrected chi connectivity index (χ2v) is 5.33. The lowest BCUT2D eigenvalue weighted by Crippen LogP contribution is -2.45. The van der Waals surface area contributed by atoms with Crippen molar-refractivity contribution in [3.05, 3.63) is 0 Å². The number of hydrogen-bond donors (Lipinski definition) is 2. The van der Waals surface area contributed by atoms with Gasteiger partial charge in [0.2, 0.25) is 5.91 Å². The normalized spacial score (nSPS) is 22.2. The lowest BCUT2D eigenvalue weighted by Gasteiger charge is -2.21. The van der Waals surface area contributed by atoms with Gasteiger partial charge < -0.3 is 15.3 Å². The molecule has 1 aliphatic heterocycles. The maximum absolute atomic E-state index is 11.8. The minimum Gasteiger partial charge on any atom is -0.380 e. The van der Waals surface area contributed by atoms with E-state index in [2.05, 4.69) is 5.32 Å². The van der Waals surface area contributed by atoms with Crippen LogP contribution in [0.5, 0.6) is 0 Å². The highest BCUT2D eigenvalue weighted by molar-refractivity contribution is 5.85. The van der Waals surface area contributed by atoms with Crippen molar-refractivity contribution in [3.63, 3.8) is 0 Å². The van der Waals surface area contributed by atoms with Gasteiger partial charge in [0, 0.05) is 26.1 Å². The van der Waals surface area contributed by atoms with Crippen molar-refractivity contribution in [2.24, 2.45) is 0 Å². The third kappa shape index (κ3) is 3.02. The first-order valence-corrected chi connectivity index (χ1v) is 6.90. The molecule has 1 saturated carbocycles. The Hall–Kier alpha value is -1.10. The van der Waals surface area contributed by atoms with Crippen LogP contribution in [0.4, 0.5) is 0 Å². The number of aliphatic hydroxyl groups is 1. The minimum atomic E-state index is -1.18. The van der Waals surface area contributed by atoms with Crippen molar-refractivity contribution in [3.8, 4) is 0 Å².